The lowest BCUT2D eigenvalue weighted by atomic mass is 9.91. The van der Waals surface area contributed by atoms with Gasteiger partial charge in [0.1, 0.15) is 0 Å². The predicted octanol–water partition coefficient (Wildman–Crippen LogP) is 15.0. The topological polar surface area (TPSA) is 35.6 Å². The van der Waals surface area contributed by atoms with Gasteiger partial charge in [-0.25, -0.2) is 0 Å². The number of aryl methyl sites for hydroxylation is 4. The van der Waals surface area contributed by atoms with E-state index in [0.29, 0.717) is 0 Å². The fourth-order valence-corrected chi connectivity index (χ4v) is 9.41. The van der Waals surface area contributed by atoms with Crippen LogP contribution >= 0.6 is 0 Å². The van der Waals surface area contributed by atoms with Crippen molar-refractivity contribution < 1.29 is 0 Å². The lowest BCUT2D eigenvalue weighted by Crippen LogP contribution is -2.00. The van der Waals surface area contributed by atoms with Crippen LogP contribution in [0.15, 0.2) is 158 Å². The fourth-order valence-electron chi connectivity index (χ4n) is 9.41. The molecule has 0 aliphatic rings. The number of para-hydroxylation sites is 4. The molecule has 0 radical (unpaired) electrons. The quantitative estimate of drug-likeness (QED) is 0.131. The summed E-state index contributed by atoms with van der Waals surface area (Å²) in [5.74, 6) is 0. The minimum atomic E-state index is 0.935. The number of nitrogens with zero attached hydrogens (tertiary/aromatic N) is 4. The van der Waals surface area contributed by atoms with Gasteiger partial charge in [-0.2, -0.15) is 0 Å². The molecule has 0 spiro atoms. The van der Waals surface area contributed by atoms with Crippen LogP contribution in [0.1, 0.15) is 61.9 Å². The molecule has 4 nitrogen and oxygen atoms in total. The molecule has 0 fully saturated rings. The fraction of sp³-hybridized carbons (Fsp3) is 0.179. The van der Waals surface area contributed by atoms with E-state index in [0.717, 1.165) is 61.0 Å². The minimum absolute atomic E-state index is 0.935. The number of aromatic nitrogens is 4. The second-order valence-electron chi connectivity index (χ2n) is 16.4. The van der Waals surface area contributed by atoms with Crippen molar-refractivity contribution in [3.05, 3.63) is 180 Å². The molecular formula is C56H50N4. The minimum Gasteiger partial charge on any atom is -0.309 e. The highest BCUT2D eigenvalue weighted by Crippen LogP contribution is 2.39. The van der Waals surface area contributed by atoms with E-state index in [-0.39, 0.29) is 0 Å². The van der Waals surface area contributed by atoms with Crippen molar-refractivity contribution in [1.82, 2.24) is 19.1 Å². The number of unbranched alkanes of at least 4 members (excludes halogenated alkanes) is 2. The van der Waals surface area contributed by atoms with Crippen molar-refractivity contribution in [3.63, 3.8) is 0 Å². The van der Waals surface area contributed by atoms with E-state index in [4.69, 9.17) is 9.97 Å². The van der Waals surface area contributed by atoms with Crippen LogP contribution in [0.25, 0.3) is 88.5 Å². The molecule has 10 aromatic rings. The van der Waals surface area contributed by atoms with Gasteiger partial charge in [-0.05, 0) is 134 Å². The molecule has 0 bridgehead atoms. The summed E-state index contributed by atoms with van der Waals surface area (Å²) in [4.78, 5) is 10.1. The van der Waals surface area contributed by atoms with Gasteiger partial charge in [-0.3, -0.25) is 9.97 Å². The number of rotatable bonds is 11. The lowest BCUT2D eigenvalue weighted by Gasteiger charge is -2.18. The maximum atomic E-state index is 5.07. The van der Waals surface area contributed by atoms with Gasteiger partial charge in [0.2, 0.25) is 0 Å². The largest absolute Gasteiger partial charge is 0.309 e. The summed E-state index contributed by atoms with van der Waals surface area (Å²) in [5, 5.41) is 5.10. The molecule has 0 saturated heterocycles. The lowest BCUT2D eigenvalue weighted by molar-refractivity contribution is 0.795. The Morgan fingerprint density at radius 2 is 0.950 bits per heavy atom. The van der Waals surface area contributed by atoms with Gasteiger partial charge in [0.15, 0.2) is 0 Å². The Balaban J connectivity index is 1.09. The molecule has 0 aliphatic heterocycles. The molecule has 4 heteroatoms. The van der Waals surface area contributed by atoms with Crippen LogP contribution in [0.4, 0.5) is 0 Å². The summed E-state index contributed by atoms with van der Waals surface area (Å²) in [6.07, 6.45) is 10.6. The van der Waals surface area contributed by atoms with Gasteiger partial charge in [-0.15, -0.1) is 0 Å². The summed E-state index contributed by atoms with van der Waals surface area (Å²) in [5.41, 5.74) is 19.0. The number of fused-ring (bicyclic) bond motifs is 6. The average Bonchev–Trinajstić information content (AvgIpc) is 3.81. The molecule has 0 aliphatic carbocycles. The van der Waals surface area contributed by atoms with Gasteiger partial charge in [0, 0.05) is 62.1 Å². The van der Waals surface area contributed by atoms with Crippen LogP contribution in [0.3, 0.4) is 0 Å². The predicted molar refractivity (Wildman–Crippen MR) is 254 cm³/mol. The average molecular weight is 779 g/mol. The maximum absolute atomic E-state index is 5.07. The van der Waals surface area contributed by atoms with Crippen molar-refractivity contribution >= 4 is 43.6 Å². The van der Waals surface area contributed by atoms with Crippen LogP contribution in [0.2, 0.25) is 0 Å². The van der Waals surface area contributed by atoms with Crippen molar-refractivity contribution in [2.75, 3.05) is 0 Å². The first-order valence-corrected chi connectivity index (χ1v) is 21.7. The Morgan fingerprint density at radius 1 is 0.433 bits per heavy atom. The van der Waals surface area contributed by atoms with Crippen LogP contribution < -0.4 is 0 Å². The van der Waals surface area contributed by atoms with Crippen molar-refractivity contribution in [3.8, 4) is 44.9 Å². The second-order valence-corrected chi connectivity index (χ2v) is 16.4. The van der Waals surface area contributed by atoms with E-state index in [9.17, 15) is 0 Å². The van der Waals surface area contributed by atoms with Gasteiger partial charge in [-0.1, -0.05) is 112 Å². The van der Waals surface area contributed by atoms with Gasteiger partial charge < -0.3 is 9.13 Å². The Kier molecular flexibility index (Phi) is 9.85. The zero-order valence-corrected chi connectivity index (χ0v) is 35.0. The van der Waals surface area contributed by atoms with Crippen molar-refractivity contribution in [2.24, 2.45) is 0 Å². The van der Waals surface area contributed by atoms with Crippen LogP contribution in [-0.4, -0.2) is 19.1 Å². The molecule has 4 aromatic heterocycles. The van der Waals surface area contributed by atoms with Gasteiger partial charge in [0.05, 0.1) is 27.8 Å². The zero-order chi connectivity index (χ0) is 40.7. The number of pyridine rings is 2. The summed E-state index contributed by atoms with van der Waals surface area (Å²) < 4.78 is 4.85. The van der Waals surface area contributed by atoms with Gasteiger partial charge in [0.25, 0.3) is 0 Å². The van der Waals surface area contributed by atoms with Crippen molar-refractivity contribution in [1.29, 1.82) is 0 Å². The standard InChI is InChI=1S/C56H50N4/c1-5-7-17-39-27-28-43(60-55-25-15-11-21-47(55)48-22-12-16-26-56(48)60)33-51(39)49-34-52(58-35-37(49)3)41-32-50(38(4)57-36-41)44-30-29-42(31-40(44)18-8-6-2)59-53-23-13-9-19-45(53)46-20-10-14-24-54(46)59/h9-16,19-36H,5-8,17-18H2,1-4H3. The van der Waals surface area contributed by atoms with E-state index >= 15 is 0 Å². The molecule has 0 unspecified atom stereocenters. The summed E-state index contributed by atoms with van der Waals surface area (Å²) >= 11 is 0. The molecule has 60 heavy (non-hydrogen) atoms. The van der Waals surface area contributed by atoms with E-state index in [1.54, 1.807) is 0 Å². The first-order valence-electron chi connectivity index (χ1n) is 21.7. The highest BCUT2D eigenvalue weighted by Gasteiger charge is 2.19. The first-order chi connectivity index (χ1) is 29.5. The molecule has 0 N–H and O–H groups in total. The van der Waals surface area contributed by atoms with Crippen LogP contribution in [0.5, 0.6) is 0 Å². The van der Waals surface area contributed by atoms with E-state index in [1.165, 1.54) is 88.4 Å². The highest BCUT2D eigenvalue weighted by molar-refractivity contribution is 6.10. The Labute approximate surface area is 352 Å². The molecule has 10 rings (SSSR count). The summed E-state index contributed by atoms with van der Waals surface area (Å²) in [6, 6.07) is 53.8. The zero-order valence-electron chi connectivity index (χ0n) is 35.0. The van der Waals surface area contributed by atoms with E-state index in [2.05, 4.69) is 182 Å². The summed E-state index contributed by atoms with van der Waals surface area (Å²) in [7, 11) is 0. The van der Waals surface area contributed by atoms with Crippen molar-refractivity contribution in [2.45, 2.75) is 66.2 Å². The molecule has 6 aromatic carbocycles. The van der Waals surface area contributed by atoms with E-state index in [1.807, 2.05) is 12.4 Å². The molecular weight excluding hydrogens is 729 g/mol. The van der Waals surface area contributed by atoms with E-state index < -0.39 is 0 Å². The molecule has 0 saturated carbocycles. The van der Waals surface area contributed by atoms with Crippen LogP contribution in [0, 0.1) is 13.8 Å². The Morgan fingerprint density at radius 3 is 1.52 bits per heavy atom. The Hall–Kier alpha value is -6.78. The Bertz CT molecular complexity index is 3110. The molecule has 0 amide bonds. The molecule has 294 valence electrons. The first kappa shape index (κ1) is 37.5. The normalized spacial score (nSPS) is 11.7. The molecule has 0 atom stereocenters. The highest BCUT2D eigenvalue weighted by atomic mass is 15.0. The monoisotopic (exact) mass is 778 g/mol. The SMILES string of the molecule is CCCCc1ccc(-n2c3ccccc3c3ccccc32)cc1-c1cc(-c2cnc(C)c(-c3ccc(-n4c5ccccc5c5ccccc54)cc3CCCC)c2)ncc1C. The number of hydrogen-bond donors (Lipinski definition) is 0. The van der Waals surface area contributed by atoms with Gasteiger partial charge >= 0.3 is 0 Å². The molecule has 4 heterocycles. The maximum Gasteiger partial charge on any atom is 0.0724 e. The number of benzene rings is 6. The third-order valence-electron chi connectivity index (χ3n) is 12.5. The van der Waals surface area contributed by atoms with Crippen LogP contribution in [-0.2, 0) is 12.8 Å². The smallest absolute Gasteiger partial charge is 0.0724 e. The third-order valence-corrected chi connectivity index (χ3v) is 12.5. The number of hydrogen-bond acceptors (Lipinski definition) is 2. The third kappa shape index (κ3) is 6.48. The summed E-state index contributed by atoms with van der Waals surface area (Å²) in [6.45, 7) is 8.88. The second kappa shape index (κ2) is 15.8.